The fourth-order valence-corrected chi connectivity index (χ4v) is 3.81. The summed E-state index contributed by atoms with van der Waals surface area (Å²) in [4.78, 5) is 0. The number of rotatable bonds is 4. The molecule has 1 atom stereocenters. The molecule has 0 aromatic heterocycles. The first-order valence-electron chi connectivity index (χ1n) is 7.58. The molecule has 0 radical (unpaired) electrons. The first-order valence-corrected chi connectivity index (χ1v) is 7.58. The second-order valence-corrected chi connectivity index (χ2v) is 6.23. The Morgan fingerprint density at radius 1 is 1.06 bits per heavy atom. The van der Waals surface area contributed by atoms with Gasteiger partial charge in [-0.25, -0.2) is 0 Å². The van der Waals surface area contributed by atoms with Crippen molar-refractivity contribution >= 4 is 0 Å². The lowest BCUT2D eigenvalue weighted by Gasteiger charge is -2.19. The summed E-state index contributed by atoms with van der Waals surface area (Å²) in [5.41, 5.74) is 2.92. The van der Waals surface area contributed by atoms with E-state index in [9.17, 15) is 5.11 Å². The van der Waals surface area contributed by atoms with Gasteiger partial charge in [0.1, 0.15) is 0 Å². The maximum absolute atomic E-state index is 10.4. The van der Waals surface area contributed by atoms with Gasteiger partial charge in [0.25, 0.3) is 0 Å². The van der Waals surface area contributed by atoms with Crippen molar-refractivity contribution in [3.8, 4) is 0 Å². The summed E-state index contributed by atoms with van der Waals surface area (Å²) in [5, 5.41) is 10.4. The molecular weight excluding hydrogens is 220 g/mol. The third-order valence-electron chi connectivity index (χ3n) is 4.97. The highest BCUT2D eigenvalue weighted by molar-refractivity contribution is 5.32. The lowest BCUT2D eigenvalue weighted by atomic mass is 9.91. The third-order valence-corrected chi connectivity index (χ3v) is 4.97. The molecule has 0 saturated heterocycles. The number of aliphatic hydroxyl groups is 1. The Hall–Kier alpha value is -0.820. The summed E-state index contributed by atoms with van der Waals surface area (Å²) in [6.07, 6.45) is 9.97. The molecule has 3 rings (SSSR count). The molecule has 2 aliphatic rings. The fraction of sp³-hybridized carbons (Fsp3) is 0.647. The topological polar surface area (TPSA) is 20.2 Å². The summed E-state index contributed by atoms with van der Waals surface area (Å²) < 4.78 is 0. The van der Waals surface area contributed by atoms with Crippen LogP contribution in [0.3, 0.4) is 0 Å². The maximum atomic E-state index is 10.4. The largest absolute Gasteiger partial charge is 0.393 e. The molecule has 1 unspecified atom stereocenters. The van der Waals surface area contributed by atoms with Crippen LogP contribution in [0, 0.1) is 11.8 Å². The van der Waals surface area contributed by atoms with Crippen molar-refractivity contribution in [3.05, 3.63) is 35.4 Å². The zero-order chi connectivity index (χ0) is 12.4. The number of benzene rings is 1. The van der Waals surface area contributed by atoms with Crippen LogP contribution < -0.4 is 0 Å². The SMILES string of the molecule is OC(CCC1CCCC1)C1Cc2ccccc2C1. The molecule has 0 aliphatic heterocycles. The number of fused-ring (bicyclic) bond motifs is 1. The normalized spacial score (nSPS) is 22.3. The highest BCUT2D eigenvalue weighted by atomic mass is 16.3. The van der Waals surface area contributed by atoms with Crippen LogP contribution in [0.1, 0.15) is 49.7 Å². The first-order chi connectivity index (χ1) is 8.83. The van der Waals surface area contributed by atoms with Crippen LogP contribution in [-0.4, -0.2) is 11.2 Å². The van der Waals surface area contributed by atoms with Gasteiger partial charge in [0.05, 0.1) is 6.10 Å². The Kier molecular flexibility index (Phi) is 3.69. The summed E-state index contributed by atoms with van der Waals surface area (Å²) in [6, 6.07) is 8.68. The van der Waals surface area contributed by atoms with Crippen LogP contribution in [0.4, 0.5) is 0 Å². The van der Waals surface area contributed by atoms with Gasteiger partial charge in [-0.15, -0.1) is 0 Å². The Morgan fingerprint density at radius 3 is 2.28 bits per heavy atom. The van der Waals surface area contributed by atoms with E-state index >= 15 is 0 Å². The average Bonchev–Trinajstić information content (AvgIpc) is 3.04. The highest BCUT2D eigenvalue weighted by Crippen LogP contribution is 2.33. The van der Waals surface area contributed by atoms with Crippen molar-refractivity contribution in [2.45, 2.75) is 57.5 Å². The van der Waals surface area contributed by atoms with Gasteiger partial charge in [0, 0.05) is 0 Å². The third kappa shape index (κ3) is 2.61. The lowest BCUT2D eigenvalue weighted by Crippen LogP contribution is -2.21. The molecule has 1 nitrogen and oxygen atoms in total. The van der Waals surface area contributed by atoms with Crippen molar-refractivity contribution < 1.29 is 5.11 Å². The van der Waals surface area contributed by atoms with Gasteiger partial charge in [-0.2, -0.15) is 0 Å². The predicted molar refractivity (Wildman–Crippen MR) is 74.5 cm³/mol. The molecule has 0 bridgehead atoms. The van der Waals surface area contributed by atoms with Crippen molar-refractivity contribution in [3.63, 3.8) is 0 Å². The van der Waals surface area contributed by atoms with Crippen LogP contribution in [-0.2, 0) is 12.8 Å². The molecule has 18 heavy (non-hydrogen) atoms. The highest BCUT2D eigenvalue weighted by Gasteiger charge is 2.27. The van der Waals surface area contributed by atoms with Crippen molar-refractivity contribution in [2.24, 2.45) is 11.8 Å². The Balaban J connectivity index is 1.50. The summed E-state index contributed by atoms with van der Waals surface area (Å²) in [5.74, 6) is 1.38. The molecule has 1 aromatic rings. The first kappa shape index (κ1) is 12.2. The molecule has 0 amide bonds. The predicted octanol–water partition coefficient (Wildman–Crippen LogP) is 3.73. The minimum Gasteiger partial charge on any atom is -0.393 e. The van der Waals surface area contributed by atoms with Crippen molar-refractivity contribution in [1.82, 2.24) is 0 Å². The number of hydrogen-bond acceptors (Lipinski definition) is 1. The molecule has 1 N–H and O–H groups in total. The minimum atomic E-state index is -0.0852. The van der Waals surface area contributed by atoms with Crippen LogP contribution in [0.5, 0.6) is 0 Å². The average molecular weight is 244 g/mol. The molecule has 1 heteroatoms. The summed E-state index contributed by atoms with van der Waals surface area (Å²) in [6.45, 7) is 0. The molecule has 0 spiro atoms. The van der Waals surface area contributed by atoms with Gasteiger partial charge in [-0.05, 0) is 48.6 Å². The Labute approximate surface area is 110 Å². The van der Waals surface area contributed by atoms with E-state index in [4.69, 9.17) is 0 Å². The molecule has 0 heterocycles. The molecular formula is C17H24O. The van der Waals surface area contributed by atoms with Gasteiger partial charge >= 0.3 is 0 Å². The Morgan fingerprint density at radius 2 is 1.67 bits per heavy atom. The van der Waals surface area contributed by atoms with E-state index in [1.807, 2.05) is 0 Å². The van der Waals surface area contributed by atoms with E-state index in [1.54, 1.807) is 0 Å². The second kappa shape index (κ2) is 5.44. The fourth-order valence-electron chi connectivity index (χ4n) is 3.81. The van der Waals surface area contributed by atoms with Gasteiger partial charge in [0.2, 0.25) is 0 Å². The monoisotopic (exact) mass is 244 g/mol. The van der Waals surface area contributed by atoms with E-state index in [2.05, 4.69) is 24.3 Å². The van der Waals surface area contributed by atoms with E-state index in [0.717, 1.165) is 25.2 Å². The molecule has 1 aromatic carbocycles. The lowest BCUT2D eigenvalue weighted by molar-refractivity contribution is 0.0963. The number of aliphatic hydroxyl groups excluding tert-OH is 1. The van der Waals surface area contributed by atoms with Crippen molar-refractivity contribution in [2.75, 3.05) is 0 Å². The molecule has 1 fully saturated rings. The van der Waals surface area contributed by atoms with E-state index in [0.29, 0.717) is 5.92 Å². The molecule has 1 saturated carbocycles. The maximum Gasteiger partial charge on any atom is 0.0574 e. The van der Waals surface area contributed by atoms with E-state index in [-0.39, 0.29) is 6.10 Å². The van der Waals surface area contributed by atoms with Crippen LogP contribution >= 0.6 is 0 Å². The van der Waals surface area contributed by atoms with Gasteiger partial charge in [-0.1, -0.05) is 49.9 Å². The minimum absolute atomic E-state index is 0.0852. The zero-order valence-electron chi connectivity index (χ0n) is 11.1. The molecule has 2 aliphatic carbocycles. The van der Waals surface area contributed by atoms with Gasteiger partial charge in [-0.3, -0.25) is 0 Å². The van der Waals surface area contributed by atoms with Gasteiger partial charge in [0.15, 0.2) is 0 Å². The van der Waals surface area contributed by atoms with E-state index in [1.165, 1.54) is 43.2 Å². The zero-order valence-corrected chi connectivity index (χ0v) is 11.1. The summed E-state index contributed by atoms with van der Waals surface area (Å²) in [7, 11) is 0. The Bertz CT molecular complexity index is 367. The van der Waals surface area contributed by atoms with E-state index < -0.39 is 0 Å². The van der Waals surface area contributed by atoms with Crippen molar-refractivity contribution in [1.29, 1.82) is 0 Å². The van der Waals surface area contributed by atoms with Crippen LogP contribution in [0.2, 0.25) is 0 Å². The second-order valence-electron chi connectivity index (χ2n) is 6.23. The number of hydrogen-bond donors (Lipinski definition) is 1. The smallest absolute Gasteiger partial charge is 0.0574 e. The van der Waals surface area contributed by atoms with Crippen LogP contribution in [0.25, 0.3) is 0 Å². The quantitative estimate of drug-likeness (QED) is 0.855. The standard InChI is InChI=1S/C17H24O/c18-17(10-9-13-5-1-2-6-13)16-11-14-7-3-4-8-15(14)12-16/h3-4,7-8,13,16-18H,1-2,5-6,9-12H2. The molecule has 98 valence electrons. The van der Waals surface area contributed by atoms with Gasteiger partial charge < -0.3 is 5.11 Å². The summed E-state index contributed by atoms with van der Waals surface area (Å²) >= 11 is 0. The van der Waals surface area contributed by atoms with Crippen LogP contribution in [0.15, 0.2) is 24.3 Å².